The molecule has 0 amide bonds. The number of benzene rings is 2. The normalized spacial score (nSPS) is 11.0. The van der Waals surface area contributed by atoms with Crippen molar-refractivity contribution in [3.63, 3.8) is 0 Å². The number of pyridine rings is 1. The van der Waals surface area contributed by atoms with Crippen molar-refractivity contribution in [1.29, 1.82) is 0 Å². The summed E-state index contributed by atoms with van der Waals surface area (Å²) in [5.74, 6) is -0.921. The van der Waals surface area contributed by atoms with Crippen LogP contribution in [0.15, 0.2) is 60.7 Å². The van der Waals surface area contributed by atoms with E-state index in [0.29, 0.717) is 17.5 Å². The fourth-order valence-corrected chi connectivity index (χ4v) is 2.72. The molecule has 0 unspecified atom stereocenters. The van der Waals surface area contributed by atoms with Crippen LogP contribution in [-0.4, -0.2) is 28.0 Å². The van der Waals surface area contributed by atoms with Gasteiger partial charge in [-0.1, -0.05) is 48.5 Å². The van der Waals surface area contributed by atoms with Gasteiger partial charge in [-0.25, -0.2) is 4.79 Å². The van der Waals surface area contributed by atoms with Crippen molar-refractivity contribution in [2.75, 3.05) is 7.05 Å². The van der Waals surface area contributed by atoms with Crippen molar-refractivity contribution >= 4 is 16.9 Å². The number of hydrogen-bond donors (Lipinski definition) is 1. The molecule has 3 aromatic rings. The monoisotopic (exact) mass is 306 g/mol. The number of fused-ring (bicyclic) bond motifs is 1. The van der Waals surface area contributed by atoms with E-state index < -0.39 is 5.97 Å². The summed E-state index contributed by atoms with van der Waals surface area (Å²) in [5.41, 5.74) is 3.00. The molecular weight excluding hydrogens is 288 g/mol. The molecule has 23 heavy (non-hydrogen) atoms. The Kier molecular flexibility index (Phi) is 4.35. The van der Waals surface area contributed by atoms with Crippen LogP contribution in [-0.2, 0) is 13.1 Å². The predicted molar refractivity (Wildman–Crippen MR) is 90.3 cm³/mol. The van der Waals surface area contributed by atoms with Crippen molar-refractivity contribution in [2.45, 2.75) is 13.1 Å². The highest BCUT2D eigenvalue weighted by molar-refractivity contribution is 6.02. The second kappa shape index (κ2) is 6.58. The zero-order chi connectivity index (χ0) is 16.2. The fourth-order valence-electron chi connectivity index (χ4n) is 2.72. The maximum atomic E-state index is 11.5. The van der Waals surface area contributed by atoms with Crippen LogP contribution in [0.1, 0.15) is 21.6 Å². The molecule has 4 nitrogen and oxygen atoms in total. The third-order valence-electron chi connectivity index (χ3n) is 3.73. The number of para-hydroxylation sites is 1. The van der Waals surface area contributed by atoms with E-state index in [-0.39, 0.29) is 0 Å². The molecule has 0 bridgehead atoms. The summed E-state index contributed by atoms with van der Waals surface area (Å²) in [6.07, 6.45) is 0. The lowest BCUT2D eigenvalue weighted by molar-refractivity contribution is 0.0698. The number of aromatic nitrogens is 1. The van der Waals surface area contributed by atoms with Gasteiger partial charge in [0.2, 0.25) is 0 Å². The first-order valence-electron chi connectivity index (χ1n) is 7.48. The van der Waals surface area contributed by atoms with Gasteiger partial charge in [-0.2, -0.15) is 0 Å². The first-order chi connectivity index (χ1) is 11.1. The second-order valence-electron chi connectivity index (χ2n) is 5.64. The molecule has 0 saturated heterocycles. The third kappa shape index (κ3) is 3.55. The zero-order valence-electron chi connectivity index (χ0n) is 12.9. The Bertz CT molecular complexity index is 831. The summed E-state index contributed by atoms with van der Waals surface area (Å²) in [6, 6.07) is 19.2. The van der Waals surface area contributed by atoms with E-state index in [1.165, 1.54) is 5.56 Å². The predicted octanol–water partition coefficient (Wildman–Crippen LogP) is 3.57. The van der Waals surface area contributed by atoms with Gasteiger partial charge in [-0.3, -0.25) is 9.88 Å². The maximum absolute atomic E-state index is 11.5. The van der Waals surface area contributed by atoms with Crippen LogP contribution in [0.5, 0.6) is 0 Å². The van der Waals surface area contributed by atoms with Crippen LogP contribution in [0.3, 0.4) is 0 Å². The van der Waals surface area contributed by atoms with Gasteiger partial charge in [-0.15, -0.1) is 0 Å². The lowest BCUT2D eigenvalue weighted by Gasteiger charge is -2.17. The molecule has 0 aliphatic heterocycles. The van der Waals surface area contributed by atoms with Gasteiger partial charge in [0, 0.05) is 18.5 Å². The molecule has 3 rings (SSSR count). The standard InChI is InChI=1S/C19H18N2O2/c1-21(12-14-7-3-2-4-8-14)13-15-11-17(19(22)23)16-9-5-6-10-18(16)20-15/h2-11H,12-13H2,1H3,(H,22,23). The summed E-state index contributed by atoms with van der Waals surface area (Å²) in [5, 5.41) is 10.1. The molecule has 4 heteroatoms. The molecule has 0 aliphatic rings. The molecule has 0 spiro atoms. The lowest BCUT2D eigenvalue weighted by Crippen LogP contribution is -2.18. The molecule has 1 aromatic heterocycles. The highest BCUT2D eigenvalue weighted by Crippen LogP contribution is 2.19. The minimum atomic E-state index is -0.921. The number of aromatic carboxylic acids is 1. The van der Waals surface area contributed by atoms with E-state index in [0.717, 1.165) is 17.8 Å². The van der Waals surface area contributed by atoms with Gasteiger partial charge in [0.05, 0.1) is 16.8 Å². The number of carboxylic acids is 1. The highest BCUT2D eigenvalue weighted by atomic mass is 16.4. The summed E-state index contributed by atoms with van der Waals surface area (Å²) >= 11 is 0. The summed E-state index contributed by atoms with van der Waals surface area (Å²) < 4.78 is 0. The van der Waals surface area contributed by atoms with Gasteiger partial charge < -0.3 is 5.11 Å². The highest BCUT2D eigenvalue weighted by Gasteiger charge is 2.12. The number of nitrogens with zero attached hydrogens (tertiary/aromatic N) is 2. The topological polar surface area (TPSA) is 53.4 Å². The first kappa shape index (κ1) is 15.2. The summed E-state index contributed by atoms with van der Waals surface area (Å²) in [6.45, 7) is 1.39. The molecule has 0 atom stereocenters. The number of carbonyl (C=O) groups is 1. The maximum Gasteiger partial charge on any atom is 0.336 e. The van der Waals surface area contributed by atoms with E-state index in [2.05, 4.69) is 22.0 Å². The largest absolute Gasteiger partial charge is 0.478 e. The Labute approximate surface area is 135 Å². The van der Waals surface area contributed by atoms with E-state index in [1.54, 1.807) is 12.1 Å². The molecule has 0 radical (unpaired) electrons. The third-order valence-corrected chi connectivity index (χ3v) is 3.73. The van der Waals surface area contributed by atoms with Gasteiger partial charge in [0.15, 0.2) is 0 Å². The van der Waals surface area contributed by atoms with Crippen molar-refractivity contribution in [3.05, 3.63) is 77.5 Å². The van der Waals surface area contributed by atoms with Gasteiger partial charge in [0.25, 0.3) is 0 Å². The van der Waals surface area contributed by atoms with Gasteiger partial charge >= 0.3 is 5.97 Å². The minimum absolute atomic E-state index is 0.304. The van der Waals surface area contributed by atoms with Crippen LogP contribution in [0.4, 0.5) is 0 Å². The van der Waals surface area contributed by atoms with Crippen LogP contribution in [0.2, 0.25) is 0 Å². The molecule has 2 aromatic carbocycles. The van der Waals surface area contributed by atoms with Gasteiger partial charge in [-0.05, 0) is 24.7 Å². The summed E-state index contributed by atoms with van der Waals surface area (Å²) in [7, 11) is 2.00. The smallest absolute Gasteiger partial charge is 0.336 e. The molecule has 116 valence electrons. The zero-order valence-corrected chi connectivity index (χ0v) is 12.9. The van der Waals surface area contributed by atoms with E-state index in [4.69, 9.17) is 0 Å². The minimum Gasteiger partial charge on any atom is -0.478 e. The van der Waals surface area contributed by atoms with E-state index in [1.807, 2.05) is 43.4 Å². The van der Waals surface area contributed by atoms with Crippen LogP contribution < -0.4 is 0 Å². The van der Waals surface area contributed by atoms with Crippen molar-refractivity contribution < 1.29 is 9.90 Å². The SMILES string of the molecule is CN(Cc1ccccc1)Cc1cc(C(=O)O)c2ccccc2n1. The quantitative estimate of drug-likeness (QED) is 0.783. The Morgan fingerprint density at radius 2 is 1.74 bits per heavy atom. The van der Waals surface area contributed by atoms with Crippen LogP contribution in [0.25, 0.3) is 10.9 Å². The van der Waals surface area contributed by atoms with E-state index in [9.17, 15) is 9.90 Å². The average molecular weight is 306 g/mol. The van der Waals surface area contributed by atoms with Crippen molar-refractivity contribution in [1.82, 2.24) is 9.88 Å². The molecule has 0 fully saturated rings. The van der Waals surface area contributed by atoms with Crippen molar-refractivity contribution in [2.24, 2.45) is 0 Å². The Morgan fingerprint density at radius 1 is 1.04 bits per heavy atom. The molecule has 1 N–H and O–H groups in total. The first-order valence-corrected chi connectivity index (χ1v) is 7.48. The van der Waals surface area contributed by atoms with E-state index >= 15 is 0 Å². The number of hydrogen-bond acceptors (Lipinski definition) is 3. The van der Waals surface area contributed by atoms with Crippen molar-refractivity contribution in [3.8, 4) is 0 Å². The number of carboxylic acid groups (broad SMARTS) is 1. The van der Waals surface area contributed by atoms with Crippen LogP contribution >= 0.6 is 0 Å². The lowest BCUT2D eigenvalue weighted by atomic mass is 10.1. The Morgan fingerprint density at radius 3 is 2.48 bits per heavy atom. The fraction of sp³-hybridized carbons (Fsp3) is 0.158. The molecule has 0 saturated carbocycles. The van der Waals surface area contributed by atoms with Gasteiger partial charge in [0.1, 0.15) is 0 Å². The second-order valence-corrected chi connectivity index (χ2v) is 5.64. The molecular formula is C19H18N2O2. The summed E-state index contributed by atoms with van der Waals surface area (Å²) in [4.78, 5) is 18.2. The number of rotatable bonds is 5. The van der Waals surface area contributed by atoms with Crippen LogP contribution in [0, 0.1) is 0 Å². The Hall–Kier alpha value is -2.72. The Balaban J connectivity index is 1.86. The average Bonchev–Trinajstić information content (AvgIpc) is 2.54. The molecule has 0 aliphatic carbocycles. The molecule has 1 heterocycles.